The Morgan fingerprint density at radius 1 is 1.06 bits per heavy atom. The minimum atomic E-state index is -0.560. The van der Waals surface area contributed by atoms with Crippen LogP contribution in [0.1, 0.15) is 15.9 Å². The number of nitro benzene ring substituents is 1. The first-order chi connectivity index (χ1) is 15.0. The van der Waals surface area contributed by atoms with Gasteiger partial charge in [0.2, 0.25) is 5.91 Å². The van der Waals surface area contributed by atoms with Crippen molar-refractivity contribution in [3.63, 3.8) is 0 Å². The smallest absolute Gasteiger partial charge is 0.311 e. The Hall–Kier alpha value is -3.46. The van der Waals surface area contributed by atoms with Gasteiger partial charge >= 0.3 is 5.69 Å². The van der Waals surface area contributed by atoms with E-state index in [0.717, 1.165) is 12.1 Å². The number of fused-ring (bicyclic) bond motifs is 1. The maximum atomic E-state index is 12.8. The molecular weight excluding hydrogens is 400 g/mol. The Bertz CT molecular complexity index is 1020. The third kappa shape index (κ3) is 4.22. The first-order valence-corrected chi connectivity index (χ1v) is 10.2. The third-order valence-electron chi connectivity index (χ3n) is 5.83. The van der Waals surface area contributed by atoms with Crippen LogP contribution >= 0.6 is 0 Å². The molecule has 0 aliphatic carbocycles. The van der Waals surface area contributed by atoms with Crippen molar-refractivity contribution in [3.8, 4) is 5.75 Å². The predicted molar refractivity (Wildman–Crippen MR) is 114 cm³/mol. The van der Waals surface area contributed by atoms with Gasteiger partial charge in [0, 0.05) is 50.0 Å². The van der Waals surface area contributed by atoms with E-state index in [1.54, 1.807) is 4.90 Å². The van der Waals surface area contributed by atoms with E-state index in [4.69, 9.17) is 4.74 Å². The van der Waals surface area contributed by atoms with Crippen LogP contribution in [-0.4, -0.2) is 72.9 Å². The normalized spacial score (nSPS) is 16.2. The lowest BCUT2D eigenvalue weighted by Crippen LogP contribution is -2.51. The number of nitro groups is 1. The summed E-state index contributed by atoms with van der Waals surface area (Å²) in [6.07, 6.45) is 0.873. The van der Waals surface area contributed by atoms with Crippen molar-refractivity contribution >= 4 is 23.2 Å². The summed E-state index contributed by atoms with van der Waals surface area (Å²) in [6, 6.07) is 12.2. The summed E-state index contributed by atoms with van der Waals surface area (Å²) in [6.45, 7) is 3.08. The molecule has 0 unspecified atom stereocenters. The molecule has 9 heteroatoms. The summed E-state index contributed by atoms with van der Waals surface area (Å²) in [5.41, 5.74) is 2.21. The monoisotopic (exact) mass is 424 g/mol. The molecule has 2 aromatic carbocycles. The Kier molecular flexibility index (Phi) is 5.85. The van der Waals surface area contributed by atoms with Crippen LogP contribution in [0.2, 0.25) is 0 Å². The highest BCUT2D eigenvalue weighted by Gasteiger charge is 2.29. The van der Waals surface area contributed by atoms with Gasteiger partial charge in [-0.25, -0.2) is 0 Å². The number of piperazine rings is 1. The first kappa shape index (κ1) is 20.8. The van der Waals surface area contributed by atoms with Gasteiger partial charge in [-0.2, -0.15) is 0 Å². The van der Waals surface area contributed by atoms with Crippen molar-refractivity contribution in [1.82, 2.24) is 9.80 Å². The number of anilines is 1. The quantitative estimate of drug-likeness (QED) is 0.538. The maximum Gasteiger partial charge on any atom is 0.311 e. The summed E-state index contributed by atoms with van der Waals surface area (Å²) >= 11 is 0. The molecule has 9 nitrogen and oxygen atoms in total. The van der Waals surface area contributed by atoms with Gasteiger partial charge in [-0.3, -0.25) is 24.6 Å². The van der Waals surface area contributed by atoms with Gasteiger partial charge in [0.05, 0.1) is 18.6 Å². The number of para-hydroxylation sites is 1. The van der Waals surface area contributed by atoms with E-state index in [1.807, 2.05) is 28.0 Å². The largest absolute Gasteiger partial charge is 0.490 e. The molecule has 1 fully saturated rings. The summed E-state index contributed by atoms with van der Waals surface area (Å²) in [4.78, 5) is 41.8. The number of benzene rings is 2. The Balaban J connectivity index is 1.35. The fourth-order valence-corrected chi connectivity index (χ4v) is 4.13. The van der Waals surface area contributed by atoms with E-state index in [-0.39, 0.29) is 28.8 Å². The van der Waals surface area contributed by atoms with Gasteiger partial charge in [-0.1, -0.05) is 18.2 Å². The highest BCUT2D eigenvalue weighted by Crippen LogP contribution is 2.29. The van der Waals surface area contributed by atoms with Gasteiger partial charge in [-0.05, 0) is 30.2 Å². The van der Waals surface area contributed by atoms with Crippen LogP contribution in [0.15, 0.2) is 42.5 Å². The highest BCUT2D eigenvalue weighted by atomic mass is 16.6. The molecule has 0 N–H and O–H groups in total. The van der Waals surface area contributed by atoms with Crippen LogP contribution < -0.4 is 9.64 Å². The van der Waals surface area contributed by atoms with Crippen molar-refractivity contribution in [2.24, 2.45) is 0 Å². The second-order valence-electron chi connectivity index (χ2n) is 7.64. The van der Waals surface area contributed by atoms with Gasteiger partial charge in [0.1, 0.15) is 0 Å². The van der Waals surface area contributed by atoms with E-state index in [0.29, 0.717) is 39.3 Å². The molecule has 2 heterocycles. The summed E-state index contributed by atoms with van der Waals surface area (Å²) in [7, 11) is 1.35. The number of rotatable bonds is 5. The number of ether oxygens (including phenoxy) is 1. The van der Waals surface area contributed by atoms with Crippen molar-refractivity contribution in [2.45, 2.75) is 6.42 Å². The minimum absolute atomic E-state index is 0.0653. The second-order valence-corrected chi connectivity index (χ2v) is 7.64. The number of hydrogen-bond acceptors (Lipinski definition) is 6. The van der Waals surface area contributed by atoms with Gasteiger partial charge < -0.3 is 14.5 Å². The molecule has 162 valence electrons. The van der Waals surface area contributed by atoms with Crippen LogP contribution in [0.3, 0.4) is 0 Å². The molecule has 0 aromatic heterocycles. The molecule has 0 saturated carbocycles. The molecular formula is C22H24N4O5. The molecule has 2 amide bonds. The zero-order chi connectivity index (χ0) is 22.0. The molecule has 2 aliphatic rings. The standard InChI is InChI=1S/C22H24N4O5/c1-31-20-7-6-17(14-19(20)26(29)30)22(28)24-12-10-23(11-13-24)15-21(27)25-9-8-16-4-2-3-5-18(16)25/h2-7,14H,8-13,15H2,1H3. The van der Waals surface area contributed by atoms with Gasteiger partial charge in [0.25, 0.3) is 5.91 Å². The van der Waals surface area contributed by atoms with Crippen molar-refractivity contribution in [2.75, 3.05) is 51.3 Å². The molecule has 0 radical (unpaired) electrons. The molecule has 31 heavy (non-hydrogen) atoms. The molecule has 4 rings (SSSR count). The number of hydrogen-bond donors (Lipinski definition) is 0. The summed E-state index contributed by atoms with van der Waals surface area (Å²) in [5, 5.41) is 11.2. The average molecular weight is 424 g/mol. The van der Waals surface area contributed by atoms with Crippen molar-refractivity contribution < 1.29 is 19.2 Å². The minimum Gasteiger partial charge on any atom is -0.490 e. The Morgan fingerprint density at radius 2 is 1.81 bits per heavy atom. The van der Waals surface area contributed by atoms with Crippen LogP contribution in [-0.2, 0) is 11.2 Å². The Morgan fingerprint density at radius 3 is 2.52 bits per heavy atom. The summed E-state index contributed by atoms with van der Waals surface area (Å²) in [5.74, 6) is -0.0749. The highest BCUT2D eigenvalue weighted by molar-refractivity contribution is 5.97. The van der Waals surface area contributed by atoms with Gasteiger partial charge in [0.15, 0.2) is 5.75 Å². The van der Waals surface area contributed by atoms with Gasteiger partial charge in [-0.15, -0.1) is 0 Å². The third-order valence-corrected chi connectivity index (χ3v) is 5.83. The SMILES string of the molecule is COc1ccc(C(=O)N2CCN(CC(=O)N3CCc4ccccc43)CC2)cc1[N+](=O)[O-]. The number of nitrogens with zero attached hydrogens (tertiary/aromatic N) is 4. The lowest BCUT2D eigenvalue weighted by Gasteiger charge is -2.35. The molecule has 2 aliphatic heterocycles. The molecule has 0 atom stereocenters. The van der Waals surface area contributed by atoms with Crippen molar-refractivity contribution in [1.29, 1.82) is 0 Å². The zero-order valence-electron chi connectivity index (χ0n) is 17.3. The van der Waals surface area contributed by atoms with E-state index in [9.17, 15) is 19.7 Å². The number of carbonyl (C=O) groups excluding carboxylic acids is 2. The zero-order valence-corrected chi connectivity index (χ0v) is 17.3. The fourth-order valence-electron chi connectivity index (χ4n) is 4.13. The molecule has 2 aromatic rings. The van der Waals surface area contributed by atoms with E-state index in [2.05, 4.69) is 6.07 Å². The topological polar surface area (TPSA) is 96.2 Å². The predicted octanol–water partition coefficient (Wildman–Crippen LogP) is 1.95. The molecule has 1 saturated heterocycles. The maximum absolute atomic E-state index is 12.8. The number of amides is 2. The number of methoxy groups -OCH3 is 1. The first-order valence-electron chi connectivity index (χ1n) is 10.2. The van der Waals surface area contributed by atoms with Crippen LogP contribution in [0.4, 0.5) is 11.4 Å². The fraction of sp³-hybridized carbons (Fsp3) is 0.364. The lowest BCUT2D eigenvalue weighted by atomic mass is 10.1. The second kappa shape index (κ2) is 8.73. The van der Waals surface area contributed by atoms with Crippen LogP contribution in [0, 0.1) is 10.1 Å². The summed E-state index contributed by atoms with van der Waals surface area (Å²) < 4.78 is 4.99. The Labute approximate surface area is 179 Å². The molecule has 0 spiro atoms. The van der Waals surface area contributed by atoms with E-state index < -0.39 is 4.92 Å². The molecule has 0 bridgehead atoms. The van der Waals surface area contributed by atoms with E-state index in [1.165, 1.54) is 30.9 Å². The van der Waals surface area contributed by atoms with Crippen LogP contribution in [0.5, 0.6) is 5.75 Å². The van der Waals surface area contributed by atoms with E-state index >= 15 is 0 Å². The lowest BCUT2D eigenvalue weighted by molar-refractivity contribution is -0.385. The van der Waals surface area contributed by atoms with Crippen molar-refractivity contribution in [3.05, 3.63) is 63.7 Å². The van der Waals surface area contributed by atoms with Crippen LogP contribution in [0.25, 0.3) is 0 Å². The number of carbonyl (C=O) groups is 2. The average Bonchev–Trinajstić information content (AvgIpc) is 3.23.